The second kappa shape index (κ2) is 10.6. The van der Waals surface area contributed by atoms with Gasteiger partial charge in [0.2, 0.25) is 5.43 Å². The van der Waals surface area contributed by atoms with Gasteiger partial charge in [0.25, 0.3) is 0 Å². The van der Waals surface area contributed by atoms with Crippen molar-refractivity contribution in [1.29, 1.82) is 0 Å². The van der Waals surface area contributed by atoms with Gasteiger partial charge in [0.05, 0.1) is 23.6 Å². The molecular weight excluding hydrogens is 516 g/mol. The zero-order chi connectivity index (χ0) is 28.4. The van der Waals surface area contributed by atoms with E-state index in [-0.39, 0.29) is 45.0 Å². The maximum absolute atomic E-state index is 12.4. The molecule has 4 aromatic carbocycles. The minimum Gasteiger partial charge on any atom is -0.508 e. The normalized spacial score (nSPS) is 10.7. The van der Waals surface area contributed by atoms with Crippen molar-refractivity contribution in [2.45, 2.75) is 0 Å². The number of benzene rings is 4. The summed E-state index contributed by atoms with van der Waals surface area (Å²) in [7, 11) is 1.59. The van der Waals surface area contributed by atoms with Gasteiger partial charge in [-0.05, 0) is 47.5 Å². The Labute approximate surface area is 226 Å². The Kier molecular flexibility index (Phi) is 6.86. The SMILES string of the molecule is COc1ccc(-c2coc3cc(O)ccc3c2=O)cc1.O=c1c(-c2ccc(O)cc2)coc2cc(O)cc(O)c12. The van der Waals surface area contributed by atoms with Gasteiger partial charge in [0.15, 0.2) is 5.43 Å². The fourth-order valence-electron chi connectivity index (χ4n) is 4.15. The molecule has 0 aliphatic rings. The zero-order valence-electron chi connectivity index (χ0n) is 21.0. The Balaban J connectivity index is 0.000000161. The summed E-state index contributed by atoms with van der Waals surface area (Å²) in [6.45, 7) is 0. The number of hydrogen-bond donors (Lipinski definition) is 4. The van der Waals surface area contributed by atoms with Crippen LogP contribution in [0.2, 0.25) is 0 Å². The van der Waals surface area contributed by atoms with Crippen molar-refractivity contribution in [3.8, 4) is 51.0 Å². The molecular formula is C31H22O9. The van der Waals surface area contributed by atoms with Crippen LogP contribution in [0.15, 0.2) is 110 Å². The molecule has 0 spiro atoms. The fourth-order valence-corrected chi connectivity index (χ4v) is 4.15. The van der Waals surface area contributed by atoms with Crippen LogP contribution in [0, 0.1) is 0 Å². The van der Waals surface area contributed by atoms with E-state index in [9.17, 15) is 30.0 Å². The first-order chi connectivity index (χ1) is 19.2. The van der Waals surface area contributed by atoms with Crippen LogP contribution in [-0.4, -0.2) is 27.5 Å². The lowest BCUT2D eigenvalue weighted by Crippen LogP contribution is -2.04. The smallest absolute Gasteiger partial charge is 0.204 e. The number of ether oxygens (including phenoxy) is 1. The lowest BCUT2D eigenvalue weighted by molar-refractivity contribution is 0.415. The van der Waals surface area contributed by atoms with E-state index in [1.165, 1.54) is 42.9 Å². The molecule has 2 heterocycles. The largest absolute Gasteiger partial charge is 0.508 e. The summed E-state index contributed by atoms with van der Waals surface area (Å²) < 4.78 is 15.8. The van der Waals surface area contributed by atoms with Gasteiger partial charge >= 0.3 is 0 Å². The average molecular weight is 539 g/mol. The molecule has 0 bridgehead atoms. The molecule has 0 saturated carbocycles. The van der Waals surface area contributed by atoms with Gasteiger partial charge in [0.1, 0.15) is 57.8 Å². The molecule has 0 unspecified atom stereocenters. The minimum atomic E-state index is -0.408. The summed E-state index contributed by atoms with van der Waals surface area (Å²) in [5.74, 6) is 0.360. The molecule has 0 saturated heterocycles. The molecule has 0 amide bonds. The molecule has 9 nitrogen and oxygen atoms in total. The van der Waals surface area contributed by atoms with E-state index in [2.05, 4.69) is 0 Å². The van der Waals surface area contributed by atoms with E-state index in [4.69, 9.17) is 13.6 Å². The third kappa shape index (κ3) is 5.03. The number of aromatic hydroxyl groups is 4. The third-order valence-corrected chi connectivity index (χ3v) is 6.18. The quantitative estimate of drug-likeness (QED) is 0.221. The van der Waals surface area contributed by atoms with Crippen LogP contribution in [0.3, 0.4) is 0 Å². The standard InChI is InChI=1S/C16H12O4.C15H10O5/c1-19-12-5-2-10(3-6-12)14-9-20-15-8-11(17)4-7-13(15)16(14)18;16-9-3-1-8(2-4-9)11-7-20-13-6-10(17)5-12(18)14(13)15(11)19/h2-9,17H,1H3;1-7,16-18H. The molecule has 2 aromatic heterocycles. The van der Waals surface area contributed by atoms with Crippen molar-refractivity contribution in [2.24, 2.45) is 0 Å². The molecule has 0 atom stereocenters. The zero-order valence-corrected chi connectivity index (χ0v) is 21.0. The molecule has 0 aliphatic carbocycles. The van der Waals surface area contributed by atoms with Crippen LogP contribution in [0.5, 0.6) is 28.7 Å². The van der Waals surface area contributed by atoms with Crippen LogP contribution in [0.4, 0.5) is 0 Å². The lowest BCUT2D eigenvalue weighted by Gasteiger charge is -2.05. The van der Waals surface area contributed by atoms with Crippen molar-refractivity contribution in [3.63, 3.8) is 0 Å². The molecule has 200 valence electrons. The molecule has 6 rings (SSSR count). The molecule has 0 fully saturated rings. The summed E-state index contributed by atoms with van der Waals surface area (Å²) in [6, 6.07) is 20.0. The van der Waals surface area contributed by atoms with Gasteiger partial charge in [-0.3, -0.25) is 9.59 Å². The summed E-state index contributed by atoms with van der Waals surface area (Å²) in [4.78, 5) is 24.8. The summed E-state index contributed by atoms with van der Waals surface area (Å²) in [6.07, 6.45) is 2.67. The molecule has 0 aliphatic heterocycles. The number of methoxy groups -OCH3 is 1. The van der Waals surface area contributed by atoms with Crippen LogP contribution < -0.4 is 15.6 Å². The summed E-state index contributed by atoms with van der Waals surface area (Å²) in [5.41, 5.74) is 2.00. The monoisotopic (exact) mass is 538 g/mol. The van der Waals surface area contributed by atoms with Gasteiger partial charge < -0.3 is 34.0 Å². The Bertz CT molecular complexity index is 1950. The van der Waals surface area contributed by atoms with E-state index in [1.54, 1.807) is 49.6 Å². The fraction of sp³-hybridized carbons (Fsp3) is 0.0323. The van der Waals surface area contributed by atoms with Crippen molar-refractivity contribution >= 4 is 21.9 Å². The second-order valence-electron chi connectivity index (χ2n) is 8.75. The molecule has 0 radical (unpaired) electrons. The third-order valence-electron chi connectivity index (χ3n) is 6.18. The molecule has 9 heteroatoms. The van der Waals surface area contributed by atoms with Crippen molar-refractivity contribution < 1.29 is 34.0 Å². The average Bonchev–Trinajstić information content (AvgIpc) is 2.94. The maximum atomic E-state index is 12.4. The van der Waals surface area contributed by atoms with E-state index in [1.807, 2.05) is 0 Å². The Hall–Kier alpha value is -5.70. The van der Waals surface area contributed by atoms with Gasteiger partial charge in [-0.1, -0.05) is 24.3 Å². The van der Waals surface area contributed by atoms with Gasteiger partial charge in [-0.2, -0.15) is 0 Å². The first-order valence-corrected chi connectivity index (χ1v) is 11.9. The first kappa shape index (κ1) is 25.9. The lowest BCUT2D eigenvalue weighted by atomic mass is 10.0. The van der Waals surface area contributed by atoms with Crippen LogP contribution in [0.25, 0.3) is 44.2 Å². The highest BCUT2D eigenvalue weighted by Crippen LogP contribution is 2.30. The van der Waals surface area contributed by atoms with Crippen LogP contribution >= 0.6 is 0 Å². The van der Waals surface area contributed by atoms with Crippen molar-refractivity contribution in [1.82, 2.24) is 0 Å². The topological polar surface area (TPSA) is 151 Å². The van der Waals surface area contributed by atoms with Crippen molar-refractivity contribution in [3.05, 3.63) is 112 Å². The van der Waals surface area contributed by atoms with Crippen LogP contribution in [0.1, 0.15) is 0 Å². The Morgan fingerprint density at radius 3 is 1.80 bits per heavy atom. The van der Waals surface area contributed by atoms with E-state index >= 15 is 0 Å². The minimum absolute atomic E-state index is 0.00775. The van der Waals surface area contributed by atoms with Gasteiger partial charge in [-0.25, -0.2) is 0 Å². The van der Waals surface area contributed by atoms with Gasteiger partial charge in [-0.15, -0.1) is 0 Å². The number of phenols is 4. The van der Waals surface area contributed by atoms with E-state index in [0.29, 0.717) is 22.1 Å². The molecule has 4 N–H and O–H groups in total. The Morgan fingerprint density at radius 2 is 1.15 bits per heavy atom. The number of rotatable bonds is 3. The van der Waals surface area contributed by atoms with Crippen molar-refractivity contribution in [2.75, 3.05) is 7.11 Å². The van der Waals surface area contributed by atoms with Crippen LogP contribution in [-0.2, 0) is 0 Å². The highest BCUT2D eigenvalue weighted by molar-refractivity contribution is 5.88. The predicted octanol–water partition coefficient (Wildman–Crippen LogP) is 5.75. The van der Waals surface area contributed by atoms with E-state index in [0.717, 1.165) is 17.4 Å². The molecule has 40 heavy (non-hydrogen) atoms. The Morgan fingerprint density at radius 1 is 0.600 bits per heavy atom. The molecule has 6 aromatic rings. The van der Waals surface area contributed by atoms with E-state index < -0.39 is 5.43 Å². The summed E-state index contributed by atoms with van der Waals surface area (Å²) >= 11 is 0. The number of phenolic OH excluding ortho intramolecular Hbond substituents is 4. The number of fused-ring (bicyclic) bond motifs is 2. The highest BCUT2D eigenvalue weighted by atomic mass is 16.5. The second-order valence-corrected chi connectivity index (χ2v) is 8.75. The number of hydrogen-bond acceptors (Lipinski definition) is 9. The highest BCUT2D eigenvalue weighted by Gasteiger charge is 2.14. The predicted molar refractivity (Wildman–Crippen MR) is 149 cm³/mol. The van der Waals surface area contributed by atoms with Gasteiger partial charge in [0, 0.05) is 18.2 Å². The first-order valence-electron chi connectivity index (χ1n) is 11.9. The maximum Gasteiger partial charge on any atom is 0.204 e. The summed E-state index contributed by atoms with van der Waals surface area (Å²) in [5, 5.41) is 38.2.